The van der Waals surface area contributed by atoms with E-state index in [-0.39, 0.29) is 16.6 Å². The predicted molar refractivity (Wildman–Crippen MR) is 126 cm³/mol. The Bertz CT molecular complexity index is 622. The quantitative estimate of drug-likeness (QED) is 0.423. The smallest absolute Gasteiger partial charge is 0.0731 e. The van der Waals surface area contributed by atoms with E-state index in [9.17, 15) is 0 Å². The van der Waals surface area contributed by atoms with E-state index in [1.54, 1.807) is 0 Å². The Morgan fingerprint density at radius 3 is 1.87 bits per heavy atom. The largest absolute Gasteiger partial charge is 0.374 e. The summed E-state index contributed by atoms with van der Waals surface area (Å²) in [6.07, 6.45) is 10.4. The molecule has 174 valence electrons. The Labute approximate surface area is 187 Å². The van der Waals surface area contributed by atoms with Crippen LogP contribution in [0.15, 0.2) is 0 Å². The Kier molecular flexibility index (Phi) is 5.36. The Balaban J connectivity index is 1.36. The highest BCUT2D eigenvalue weighted by atomic mass is 16.5. The lowest BCUT2D eigenvalue weighted by Gasteiger charge is -2.63. The van der Waals surface area contributed by atoms with Crippen LogP contribution in [0.5, 0.6) is 0 Å². The molecule has 4 heterocycles. The summed E-state index contributed by atoms with van der Waals surface area (Å²) < 4.78 is 13.2. The first-order chi connectivity index (χ1) is 13.7. The van der Waals surface area contributed by atoms with E-state index in [4.69, 9.17) is 9.47 Å². The van der Waals surface area contributed by atoms with E-state index in [1.807, 2.05) is 0 Å². The third kappa shape index (κ3) is 3.17. The van der Waals surface area contributed by atoms with Gasteiger partial charge in [0.05, 0.1) is 24.4 Å². The van der Waals surface area contributed by atoms with Crippen molar-refractivity contribution in [3.05, 3.63) is 0 Å². The van der Waals surface area contributed by atoms with E-state index in [1.165, 1.54) is 51.4 Å². The second-order valence-electron chi connectivity index (χ2n) is 14.2. The van der Waals surface area contributed by atoms with Crippen LogP contribution >= 0.6 is 0 Å². The number of fused-ring (bicyclic) bond motifs is 4. The molecule has 2 aliphatic carbocycles. The minimum absolute atomic E-state index is 0.122. The van der Waals surface area contributed by atoms with Gasteiger partial charge in [0.2, 0.25) is 0 Å². The van der Waals surface area contributed by atoms with Gasteiger partial charge in [-0.2, -0.15) is 0 Å². The van der Waals surface area contributed by atoms with Crippen molar-refractivity contribution < 1.29 is 9.47 Å². The Hall–Kier alpha value is -0.0800. The molecular weight excluding hydrogens is 368 g/mol. The van der Waals surface area contributed by atoms with E-state index < -0.39 is 0 Å². The van der Waals surface area contributed by atoms with Crippen LogP contribution in [-0.2, 0) is 9.47 Å². The summed E-state index contributed by atoms with van der Waals surface area (Å²) in [5, 5.41) is 0. The minimum Gasteiger partial charge on any atom is -0.374 e. The monoisotopic (exact) mass is 418 g/mol. The molecule has 6 fully saturated rings. The van der Waals surface area contributed by atoms with Crippen LogP contribution < -0.4 is 0 Å². The first kappa shape index (κ1) is 23.1. The van der Waals surface area contributed by atoms with Gasteiger partial charge in [-0.05, 0) is 85.4 Å². The maximum absolute atomic E-state index is 6.69. The van der Waals surface area contributed by atoms with Crippen LogP contribution in [-0.4, -0.2) is 24.4 Å². The van der Waals surface area contributed by atoms with Gasteiger partial charge in [-0.1, -0.05) is 62.3 Å². The molecule has 6 rings (SSSR count). The van der Waals surface area contributed by atoms with Crippen LogP contribution in [0.25, 0.3) is 0 Å². The Morgan fingerprint density at radius 1 is 0.800 bits per heavy atom. The number of ether oxygens (including phenoxy) is 2. The molecule has 4 aliphatic heterocycles. The van der Waals surface area contributed by atoms with Crippen LogP contribution in [0, 0.1) is 39.4 Å². The van der Waals surface area contributed by atoms with Gasteiger partial charge in [0.1, 0.15) is 0 Å². The molecular formula is C28H50O2. The van der Waals surface area contributed by atoms with Crippen molar-refractivity contribution in [2.75, 3.05) is 13.2 Å². The highest BCUT2D eigenvalue weighted by Gasteiger charge is 2.66. The molecule has 0 amide bonds. The molecule has 4 bridgehead atoms. The summed E-state index contributed by atoms with van der Waals surface area (Å²) in [5.74, 6) is 2.21. The van der Waals surface area contributed by atoms with Crippen molar-refractivity contribution in [2.24, 2.45) is 39.4 Å². The SMILES string of the molecule is CC(C)C(C)C12COC(C(C)CCC(C)(C)C34CCC(C(C)(C)C)(CC3)OC4)(C1)C2. The zero-order valence-electron chi connectivity index (χ0n) is 21.6. The van der Waals surface area contributed by atoms with Crippen LogP contribution in [0.2, 0.25) is 0 Å². The first-order valence-electron chi connectivity index (χ1n) is 13.0. The molecule has 30 heavy (non-hydrogen) atoms. The number of hydrogen-bond donors (Lipinski definition) is 0. The maximum atomic E-state index is 6.69. The van der Waals surface area contributed by atoms with Crippen LogP contribution in [0.1, 0.15) is 114 Å². The summed E-state index contributed by atoms with van der Waals surface area (Å²) in [4.78, 5) is 0. The highest BCUT2D eigenvalue weighted by Crippen LogP contribution is 2.67. The summed E-state index contributed by atoms with van der Waals surface area (Å²) in [7, 11) is 0. The van der Waals surface area contributed by atoms with Crippen LogP contribution in [0.4, 0.5) is 0 Å². The average Bonchev–Trinajstić information content (AvgIpc) is 3.24. The normalized spacial score (nSPS) is 43.0. The second-order valence-corrected chi connectivity index (χ2v) is 14.2. The van der Waals surface area contributed by atoms with Gasteiger partial charge in [0.25, 0.3) is 0 Å². The molecule has 0 N–H and O–H groups in total. The summed E-state index contributed by atoms with van der Waals surface area (Å²) in [6.45, 7) is 23.9. The van der Waals surface area contributed by atoms with E-state index in [0.29, 0.717) is 22.2 Å². The Morgan fingerprint density at radius 2 is 1.40 bits per heavy atom. The van der Waals surface area contributed by atoms with Gasteiger partial charge in [-0.3, -0.25) is 0 Å². The van der Waals surface area contributed by atoms with Gasteiger partial charge < -0.3 is 9.47 Å². The maximum Gasteiger partial charge on any atom is 0.0731 e. The third-order valence-electron chi connectivity index (χ3n) is 11.5. The predicted octanol–water partition coefficient (Wildman–Crippen LogP) is 7.65. The van der Waals surface area contributed by atoms with Gasteiger partial charge in [0, 0.05) is 5.41 Å². The molecule has 0 aromatic carbocycles. The van der Waals surface area contributed by atoms with Crippen molar-refractivity contribution in [1.29, 1.82) is 0 Å². The zero-order valence-corrected chi connectivity index (χ0v) is 21.6. The first-order valence-corrected chi connectivity index (χ1v) is 13.0. The molecule has 6 aliphatic rings. The molecule has 2 heteroatoms. The topological polar surface area (TPSA) is 18.5 Å². The fourth-order valence-corrected chi connectivity index (χ4v) is 7.92. The molecule has 2 saturated carbocycles. The van der Waals surface area contributed by atoms with Crippen molar-refractivity contribution in [1.82, 2.24) is 0 Å². The van der Waals surface area contributed by atoms with E-state index >= 15 is 0 Å². The van der Waals surface area contributed by atoms with E-state index in [2.05, 4.69) is 62.3 Å². The molecule has 4 saturated heterocycles. The number of rotatable bonds is 7. The van der Waals surface area contributed by atoms with Gasteiger partial charge in [-0.25, -0.2) is 0 Å². The van der Waals surface area contributed by atoms with Crippen molar-refractivity contribution in [3.8, 4) is 0 Å². The number of hydrogen-bond acceptors (Lipinski definition) is 2. The minimum atomic E-state index is 0.122. The summed E-state index contributed by atoms with van der Waals surface area (Å²) >= 11 is 0. The third-order valence-corrected chi connectivity index (χ3v) is 11.5. The zero-order chi connectivity index (χ0) is 22.2. The lowest BCUT2D eigenvalue weighted by molar-refractivity contribution is -0.253. The molecule has 0 aromatic rings. The molecule has 2 unspecified atom stereocenters. The average molecular weight is 419 g/mol. The highest BCUT2D eigenvalue weighted by molar-refractivity contribution is 5.15. The second kappa shape index (κ2) is 6.96. The van der Waals surface area contributed by atoms with Crippen molar-refractivity contribution in [3.63, 3.8) is 0 Å². The molecule has 2 atom stereocenters. The lowest BCUT2D eigenvalue weighted by Crippen LogP contribution is -2.61. The van der Waals surface area contributed by atoms with E-state index in [0.717, 1.165) is 25.0 Å². The summed E-state index contributed by atoms with van der Waals surface area (Å²) in [5.41, 5.74) is 1.76. The van der Waals surface area contributed by atoms with Gasteiger partial charge in [0.15, 0.2) is 0 Å². The van der Waals surface area contributed by atoms with Gasteiger partial charge >= 0.3 is 0 Å². The summed E-state index contributed by atoms with van der Waals surface area (Å²) in [6, 6.07) is 0. The molecule has 0 aromatic heterocycles. The fraction of sp³-hybridized carbons (Fsp3) is 1.00. The molecule has 2 nitrogen and oxygen atoms in total. The van der Waals surface area contributed by atoms with Crippen LogP contribution in [0.3, 0.4) is 0 Å². The van der Waals surface area contributed by atoms with Crippen molar-refractivity contribution >= 4 is 0 Å². The van der Waals surface area contributed by atoms with Gasteiger partial charge in [-0.15, -0.1) is 0 Å². The van der Waals surface area contributed by atoms with Crippen molar-refractivity contribution in [2.45, 2.75) is 125 Å². The lowest BCUT2D eigenvalue weighted by atomic mass is 9.49. The standard InChI is InChI=1S/C28H50O2/c1-20(2)22(4)25-16-27(17-25,29-18-25)21(3)10-11-24(8,9)26-12-14-28(15-13-26,30-19-26)23(5,6)7/h20-22H,10-19H2,1-9H3. The molecule has 0 radical (unpaired) electrons. The fourth-order valence-electron chi connectivity index (χ4n) is 7.92. The molecule has 0 spiro atoms.